The van der Waals surface area contributed by atoms with Gasteiger partial charge in [0.1, 0.15) is 5.82 Å². The molecule has 0 saturated heterocycles. The van der Waals surface area contributed by atoms with Gasteiger partial charge in [-0.25, -0.2) is 4.98 Å². The highest BCUT2D eigenvalue weighted by atomic mass is 79.9. The summed E-state index contributed by atoms with van der Waals surface area (Å²) in [6, 6.07) is 14.7. The van der Waals surface area contributed by atoms with Crippen LogP contribution in [0.2, 0.25) is 0 Å². The molecule has 0 amide bonds. The van der Waals surface area contributed by atoms with Crippen molar-refractivity contribution in [3.05, 3.63) is 70.3 Å². The first-order chi connectivity index (χ1) is 13.2. The highest BCUT2D eigenvalue weighted by Crippen LogP contribution is 2.48. The number of nitrogen functional groups attached to an aromatic ring is 1. The molecule has 0 aliphatic carbocycles. The minimum absolute atomic E-state index is 0.0951. The van der Waals surface area contributed by atoms with Gasteiger partial charge in [0.2, 0.25) is 7.37 Å². The third kappa shape index (κ3) is 4.98. The molecular weight excluding hydrogens is 443 g/mol. The van der Waals surface area contributed by atoms with Crippen LogP contribution in [-0.2, 0) is 21.9 Å². The third-order valence-corrected chi connectivity index (χ3v) is 7.33. The Bertz CT molecular complexity index is 1060. The zero-order valence-electron chi connectivity index (χ0n) is 15.0. The van der Waals surface area contributed by atoms with E-state index in [0.717, 1.165) is 15.2 Å². The predicted octanol–water partition coefficient (Wildman–Crippen LogP) is 4.29. The van der Waals surface area contributed by atoms with E-state index in [-0.39, 0.29) is 18.7 Å². The molecular formula is C20H20BrN2O4P. The number of fused-ring (bicyclic) bond motifs is 1. The molecule has 3 aromatic rings. The molecule has 0 radical (unpaired) electrons. The smallest absolute Gasteiger partial charge is 0.307 e. The summed E-state index contributed by atoms with van der Waals surface area (Å²) in [4.78, 5) is 26.1. The van der Waals surface area contributed by atoms with Crippen molar-refractivity contribution in [2.24, 2.45) is 5.92 Å². The van der Waals surface area contributed by atoms with Crippen molar-refractivity contribution in [1.29, 1.82) is 0 Å². The summed E-state index contributed by atoms with van der Waals surface area (Å²) in [5, 5.41) is 11.5. The van der Waals surface area contributed by atoms with Crippen LogP contribution in [0.15, 0.2) is 59.2 Å². The van der Waals surface area contributed by atoms with E-state index < -0.39 is 19.3 Å². The second-order valence-electron chi connectivity index (χ2n) is 6.78. The van der Waals surface area contributed by atoms with Crippen molar-refractivity contribution < 1.29 is 19.4 Å². The lowest BCUT2D eigenvalue weighted by Gasteiger charge is -2.18. The van der Waals surface area contributed by atoms with E-state index in [1.807, 2.05) is 30.3 Å². The predicted molar refractivity (Wildman–Crippen MR) is 114 cm³/mol. The average Bonchev–Trinajstić information content (AvgIpc) is 2.65. The normalized spacial score (nSPS) is 14.5. The Morgan fingerprint density at radius 1 is 1.18 bits per heavy atom. The molecule has 2 aromatic carbocycles. The van der Waals surface area contributed by atoms with Crippen molar-refractivity contribution in [2.75, 3.05) is 11.9 Å². The van der Waals surface area contributed by atoms with Gasteiger partial charge < -0.3 is 15.7 Å². The number of carboxylic acids is 1. The summed E-state index contributed by atoms with van der Waals surface area (Å²) < 4.78 is 13.6. The molecule has 4 N–H and O–H groups in total. The number of hydrogen-bond donors (Lipinski definition) is 3. The molecule has 0 aliphatic heterocycles. The fraction of sp³-hybridized carbons (Fsp3) is 0.200. The van der Waals surface area contributed by atoms with E-state index in [1.54, 1.807) is 18.2 Å². The van der Waals surface area contributed by atoms with E-state index >= 15 is 0 Å². The minimum Gasteiger partial charge on any atom is -0.481 e. The number of carbonyl (C=O) groups is 1. The van der Waals surface area contributed by atoms with Crippen molar-refractivity contribution >= 4 is 45.9 Å². The van der Waals surface area contributed by atoms with Gasteiger partial charge in [-0.15, -0.1) is 0 Å². The fourth-order valence-electron chi connectivity index (χ4n) is 3.15. The number of nitrogens with zero attached hydrogens (tertiary/aromatic N) is 1. The number of anilines is 1. The number of rotatable bonds is 7. The number of carboxylic acid groups (broad SMARTS) is 1. The van der Waals surface area contributed by atoms with Crippen LogP contribution in [0.4, 0.5) is 5.82 Å². The van der Waals surface area contributed by atoms with Gasteiger partial charge in [0.05, 0.1) is 12.1 Å². The summed E-state index contributed by atoms with van der Waals surface area (Å²) in [5.74, 6) is -1.76. The number of pyridine rings is 1. The largest absolute Gasteiger partial charge is 0.481 e. The highest BCUT2D eigenvalue weighted by molar-refractivity contribution is 9.10. The molecule has 0 spiro atoms. The summed E-state index contributed by atoms with van der Waals surface area (Å²) in [5.41, 5.74) is 6.89. The Morgan fingerprint density at radius 2 is 1.93 bits per heavy atom. The fourth-order valence-corrected chi connectivity index (χ4v) is 5.90. The number of benzene rings is 2. The maximum absolute atomic E-state index is 12.9. The first kappa shape index (κ1) is 20.5. The lowest BCUT2D eigenvalue weighted by Crippen LogP contribution is -2.21. The van der Waals surface area contributed by atoms with Gasteiger partial charge >= 0.3 is 5.97 Å². The van der Waals surface area contributed by atoms with Crippen molar-refractivity contribution in [3.63, 3.8) is 0 Å². The van der Waals surface area contributed by atoms with Crippen LogP contribution in [0.25, 0.3) is 10.8 Å². The third-order valence-electron chi connectivity index (χ3n) is 4.55. The number of halogens is 1. The average molecular weight is 463 g/mol. The molecule has 28 heavy (non-hydrogen) atoms. The molecule has 2 atom stereocenters. The maximum atomic E-state index is 12.9. The van der Waals surface area contributed by atoms with Crippen LogP contribution in [0.5, 0.6) is 0 Å². The number of aliphatic carboxylic acids is 1. The molecule has 0 fully saturated rings. The molecule has 8 heteroatoms. The van der Waals surface area contributed by atoms with Crippen LogP contribution >= 0.6 is 23.3 Å². The molecule has 3 rings (SSSR count). The van der Waals surface area contributed by atoms with E-state index in [4.69, 9.17) is 5.73 Å². The van der Waals surface area contributed by atoms with E-state index in [9.17, 15) is 19.4 Å². The van der Waals surface area contributed by atoms with Gasteiger partial charge in [-0.3, -0.25) is 9.36 Å². The standard InChI is InChI=1S/C20H20BrN2O4P/c21-19-15(7-6-14-3-1-2-4-17(14)19)11-28(26,27)12-16(20(24)25)9-13-5-8-18(22)23-10-13/h1-8,10,16H,9,11-12H2,(H2,22,23)(H,24,25)(H,26,27). The lowest BCUT2D eigenvalue weighted by atomic mass is 10.0. The molecule has 0 bridgehead atoms. The van der Waals surface area contributed by atoms with Gasteiger partial charge in [-0.1, -0.05) is 42.5 Å². The SMILES string of the molecule is Nc1ccc(CC(CP(=O)(O)Cc2ccc3ccccc3c2Br)C(=O)O)cn1. The second-order valence-corrected chi connectivity index (χ2v) is 9.94. The zero-order valence-corrected chi connectivity index (χ0v) is 17.4. The molecule has 146 valence electrons. The van der Waals surface area contributed by atoms with Crippen LogP contribution in [-0.4, -0.2) is 27.1 Å². The zero-order chi connectivity index (χ0) is 20.3. The van der Waals surface area contributed by atoms with Crippen molar-refractivity contribution in [2.45, 2.75) is 12.6 Å². The highest BCUT2D eigenvalue weighted by Gasteiger charge is 2.30. The monoisotopic (exact) mass is 462 g/mol. The van der Waals surface area contributed by atoms with Crippen molar-refractivity contribution in [3.8, 4) is 0 Å². The summed E-state index contributed by atoms with van der Waals surface area (Å²) in [6.45, 7) is 0. The molecule has 0 aliphatic rings. The summed E-state index contributed by atoms with van der Waals surface area (Å²) in [7, 11) is -3.73. The van der Waals surface area contributed by atoms with E-state index in [0.29, 0.717) is 16.9 Å². The number of aromatic nitrogens is 1. The first-order valence-electron chi connectivity index (χ1n) is 8.65. The Balaban J connectivity index is 1.79. The maximum Gasteiger partial charge on any atom is 0.307 e. The molecule has 1 aromatic heterocycles. The summed E-state index contributed by atoms with van der Waals surface area (Å²) in [6.07, 6.45) is 1.20. The number of hydrogen-bond acceptors (Lipinski definition) is 4. The van der Waals surface area contributed by atoms with Gasteiger partial charge in [-0.2, -0.15) is 0 Å². The Morgan fingerprint density at radius 3 is 2.61 bits per heavy atom. The van der Waals surface area contributed by atoms with Crippen LogP contribution < -0.4 is 5.73 Å². The van der Waals surface area contributed by atoms with E-state index in [2.05, 4.69) is 20.9 Å². The topological polar surface area (TPSA) is 114 Å². The molecule has 0 saturated carbocycles. The van der Waals surface area contributed by atoms with Gasteiger partial charge in [0.15, 0.2) is 0 Å². The van der Waals surface area contributed by atoms with Crippen LogP contribution in [0.1, 0.15) is 11.1 Å². The molecule has 6 nitrogen and oxygen atoms in total. The summed E-state index contributed by atoms with van der Waals surface area (Å²) >= 11 is 3.52. The quantitative estimate of drug-likeness (QED) is 0.451. The molecule has 2 unspecified atom stereocenters. The Hall–Kier alpha value is -2.21. The van der Waals surface area contributed by atoms with E-state index in [1.165, 1.54) is 6.20 Å². The number of nitrogens with two attached hydrogens (primary N) is 1. The first-order valence-corrected chi connectivity index (χ1v) is 11.5. The second kappa shape index (κ2) is 8.43. The van der Waals surface area contributed by atoms with Crippen molar-refractivity contribution in [1.82, 2.24) is 4.98 Å². The molecule has 1 heterocycles. The van der Waals surface area contributed by atoms with Crippen LogP contribution in [0.3, 0.4) is 0 Å². The Kier molecular flexibility index (Phi) is 6.18. The van der Waals surface area contributed by atoms with Gasteiger partial charge in [0, 0.05) is 16.8 Å². The minimum atomic E-state index is -3.73. The van der Waals surface area contributed by atoms with Gasteiger partial charge in [0.25, 0.3) is 0 Å². The van der Waals surface area contributed by atoms with Crippen LogP contribution in [0, 0.1) is 5.92 Å². The lowest BCUT2D eigenvalue weighted by molar-refractivity contribution is -0.141. The Labute approximate surface area is 171 Å². The van der Waals surface area contributed by atoms with Gasteiger partial charge in [-0.05, 0) is 50.3 Å².